The lowest BCUT2D eigenvalue weighted by Gasteiger charge is -2.28. The molecular weight excluding hydrogens is 486 g/mol. The standard InChI is InChI=1S/C28H35N5O5/c1-17-7-10-19(15-24(17)37-2)29-26(34)18-8-11-21(12-9-18)33-23-6-4-5-22(25(23)31-27(33)35)32-14-13-20(16-32)30-28(36)38-3/h4-7,10,15,18,20-21H,8-9,11-14,16H2,1-3H3,(H,29,34)(H,30,36)(H,31,35)/t18-,20?,21+. The van der Waals surface area contributed by atoms with E-state index in [1.165, 1.54) is 7.11 Å². The van der Waals surface area contributed by atoms with Gasteiger partial charge in [-0.1, -0.05) is 12.1 Å². The second-order valence-electron chi connectivity index (χ2n) is 10.2. The number of carbonyl (C=O) groups is 2. The second-order valence-corrected chi connectivity index (χ2v) is 10.2. The van der Waals surface area contributed by atoms with E-state index in [-0.39, 0.29) is 29.6 Å². The number of ether oxygens (including phenoxy) is 2. The molecule has 2 fully saturated rings. The smallest absolute Gasteiger partial charge is 0.407 e. The Balaban J connectivity index is 1.27. The van der Waals surface area contributed by atoms with Crippen LogP contribution >= 0.6 is 0 Å². The van der Waals surface area contributed by atoms with Crippen LogP contribution in [0.1, 0.15) is 43.7 Å². The molecule has 0 bridgehead atoms. The molecule has 3 aromatic rings. The minimum Gasteiger partial charge on any atom is -0.496 e. The molecule has 202 valence electrons. The first kappa shape index (κ1) is 25.7. The third-order valence-corrected chi connectivity index (χ3v) is 7.88. The number of alkyl carbamates (subject to hydrolysis) is 1. The highest BCUT2D eigenvalue weighted by Gasteiger charge is 2.30. The van der Waals surface area contributed by atoms with Crippen molar-refractivity contribution in [2.24, 2.45) is 5.92 Å². The number of rotatable bonds is 6. The van der Waals surface area contributed by atoms with Gasteiger partial charge in [0.15, 0.2) is 0 Å². The van der Waals surface area contributed by atoms with Crippen molar-refractivity contribution >= 4 is 34.4 Å². The SMILES string of the molecule is COC(=O)NC1CCN(c2cccc3c2[nH]c(=O)n3[C@H]2CC[C@@H](C(=O)Nc3ccc(C)c(OC)c3)CC2)C1. The van der Waals surface area contributed by atoms with Gasteiger partial charge in [0.05, 0.1) is 37.0 Å². The lowest BCUT2D eigenvalue weighted by molar-refractivity contribution is -0.121. The van der Waals surface area contributed by atoms with Crippen LogP contribution in [0.4, 0.5) is 16.2 Å². The number of aromatic nitrogens is 2. The number of methoxy groups -OCH3 is 2. The Bertz CT molecular complexity index is 1390. The number of carbonyl (C=O) groups excluding carboxylic acids is 2. The number of fused-ring (bicyclic) bond motifs is 1. The van der Waals surface area contributed by atoms with E-state index >= 15 is 0 Å². The molecule has 38 heavy (non-hydrogen) atoms. The summed E-state index contributed by atoms with van der Waals surface area (Å²) in [5.41, 5.74) is 4.25. The third-order valence-electron chi connectivity index (χ3n) is 7.88. The first-order valence-corrected chi connectivity index (χ1v) is 13.2. The minimum absolute atomic E-state index is 0.00562. The molecule has 1 atom stereocenters. The highest BCUT2D eigenvalue weighted by atomic mass is 16.5. The van der Waals surface area contributed by atoms with Gasteiger partial charge in [-0.15, -0.1) is 0 Å². The maximum absolute atomic E-state index is 13.1. The summed E-state index contributed by atoms with van der Waals surface area (Å²) in [5.74, 6) is 0.652. The molecule has 5 rings (SSSR count). The molecule has 2 heterocycles. The average molecular weight is 522 g/mol. The van der Waals surface area contributed by atoms with Crippen LogP contribution in [-0.2, 0) is 9.53 Å². The Labute approximate surface area is 221 Å². The van der Waals surface area contributed by atoms with Crippen LogP contribution in [0.15, 0.2) is 41.2 Å². The van der Waals surface area contributed by atoms with Crippen LogP contribution in [0, 0.1) is 12.8 Å². The Morgan fingerprint density at radius 2 is 1.84 bits per heavy atom. The number of nitrogens with zero attached hydrogens (tertiary/aromatic N) is 2. The van der Waals surface area contributed by atoms with Gasteiger partial charge in [-0.05, 0) is 62.8 Å². The van der Waals surface area contributed by atoms with Crippen molar-refractivity contribution in [3.63, 3.8) is 0 Å². The van der Waals surface area contributed by atoms with Crippen LogP contribution < -0.4 is 26.0 Å². The van der Waals surface area contributed by atoms with Crippen molar-refractivity contribution in [2.45, 2.75) is 51.1 Å². The molecule has 2 aromatic carbocycles. The van der Waals surface area contributed by atoms with Crippen molar-refractivity contribution in [3.05, 3.63) is 52.4 Å². The van der Waals surface area contributed by atoms with E-state index in [4.69, 9.17) is 9.47 Å². The van der Waals surface area contributed by atoms with Gasteiger partial charge in [-0.2, -0.15) is 0 Å². The van der Waals surface area contributed by atoms with Crippen molar-refractivity contribution in [2.75, 3.05) is 37.5 Å². The molecule has 1 aliphatic heterocycles. The highest BCUT2D eigenvalue weighted by Crippen LogP contribution is 2.36. The molecule has 3 N–H and O–H groups in total. The third kappa shape index (κ3) is 5.07. The first-order chi connectivity index (χ1) is 18.4. The van der Waals surface area contributed by atoms with Crippen molar-refractivity contribution in [1.82, 2.24) is 14.9 Å². The van der Waals surface area contributed by atoms with E-state index in [1.54, 1.807) is 7.11 Å². The maximum atomic E-state index is 13.1. The molecule has 0 radical (unpaired) electrons. The van der Waals surface area contributed by atoms with Gasteiger partial charge in [0.25, 0.3) is 0 Å². The molecule has 1 aliphatic carbocycles. The fourth-order valence-electron chi connectivity index (χ4n) is 5.82. The molecule has 0 spiro atoms. The number of imidazole rings is 1. The summed E-state index contributed by atoms with van der Waals surface area (Å²) in [7, 11) is 2.98. The Kier molecular flexibility index (Phi) is 7.31. The topological polar surface area (TPSA) is 118 Å². The summed E-state index contributed by atoms with van der Waals surface area (Å²) in [6.07, 6.45) is 3.30. The zero-order valence-electron chi connectivity index (χ0n) is 22.1. The largest absolute Gasteiger partial charge is 0.496 e. The molecular formula is C28H35N5O5. The minimum atomic E-state index is -0.433. The lowest BCUT2D eigenvalue weighted by Crippen LogP contribution is -2.37. The Morgan fingerprint density at radius 1 is 1.05 bits per heavy atom. The summed E-state index contributed by atoms with van der Waals surface area (Å²) in [6, 6.07) is 11.6. The fourth-order valence-corrected chi connectivity index (χ4v) is 5.82. The monoisotopic (exact) mass is 521 g/mol. The maximum Gasteiger partial charge on any atom is 0.407 e. The number of amides is 2. The molecule has 10 heteroatoms. The van der Waals surface area contributed by atoms with Gasteiger partial charge < -0.3 is 30.0 Å². The molecule has 2 amide bonds. The van der Waals surface area contributed by atoms with E-state index < -0.39 is 6.09 Å². The van der Waals surface area contributed by atoms with Gasteiger partial charge in [0, 0.05) is 36.8 Å². The van der Waals surface area contributed by atoms with Gasteiger partial charge >= 0.3 is 11.8 Å². The summed E-state index contributed by atoms with van der Waals surface area (Å²) < 4.78 is 12.0. The summed E-state index contributed by atoms with van der Waals surface area (Å²) in [5, 5.41) is 5.89. The average Bonchev–Trinajstić information content (AvgIpc) is 3.53. The van der Waals surface area contributed by atoms with Crippen molar-refractivity contribution in [3.8, 4) is 5.75 Å². The fraction of sp³-hybridized carbons (Fsp3) is 0.464. The summed E-state index contributed by atoms with van der Waals surface area (Å²) in [6.45, 7) is 3.38. The van der Waals surface area contributed by atoms with Crippen LogP contribution in [0.3, 0.4) is 0 Å². The van der Waals surface area contributed by atoms with Gasteiger partial charge in [0.1, 0.15) is 5.75 Å². The van der Waals surface area contributed by atoms with Crippen LogP contribution in [0.2, 0.25) is 0 Å². The quantitative estimate of drug-likeness (QED) is 0.452. The van der Waals surface area contributed by atoms with Crippen LogP contribution in [0.5, 0.6) is 5.75 Å². The Hall–Kier alpha value is -3.95. The number of hydrogen-bond donors (Lipinski definition) is 3. The zero-order valence-corrected chi connectivity index (χ0v) is 22.1. The van der Waals surface area contributed by atoms with Crippen molar-refractivity contribution in [1.29, 1.82) is 0 Å². The van der Waals surface area contributed by atoms with E-state index in [2.05, 4.69) is 20.5 Å². The number of aryl methyl sites for hydroxylation is 1. The van der Waals surface area contributed by atoms with Gasteiger partial charge in [-0.25, -0.2) is 9.59 Å². The van der Waals surface area contributed by atoms with Crippen LogP contribution in [0.25, 0.3) is 11.0 Å². The Morgan fingerprint density at radius 3 is 2.58 bits per heavy atom. The van der Waals surface area contributed by atoms with E-state index in [1.807, 2.05) is 47.9 Å². The first-order valence-electron chi connectivity index (χ1n) is 13.2. The molecule has 1 aromatic heterocycles. The molecule has 10 nitrogen and oxygen atoms in total. The predicted molar refractivity (Wildman–Crippen MR) is 146 cm³/mol. The van der Waals surface area contributed by atoms with Gasteiger partial charge in [-0.3, -0.25) is 9.36 Å². The number of benzene rings is 2. The summed E-state index contributed by atoms with van der Waals surface area (Å²) >= 11 is 0. The number of H-pyrrole nitrogens is 1. The van der Waals surface area contributed by atoms with Crippen molar-refractivity contribution < 1.29 is 19.1 Å². The molecule has 1 saturated carbocycles. The molecule has 1 unspecified atom stereocenters. The number of anilines is 2. The predicted octanol–water partition coefficient (Wildman–Crippen LogP) is 3.95. The number of para-hydroxylation sites is 1. The number of nitrogens with one attached hydrogen (secondary N) is 3. The normalized spacial score (nSPS) is 21.3. The molecule has 2 aliphatic rings. The summed E-state index contributed by atoms with van der Waals surface area (Å²) in [4.78, 5) is 43.0. The zero-order chi connectivity index (χ0) is 26.8. The second kappa shape index (κ2) is 10.8. The van der Waals surface area contributed by atoms with E-state index in [0.29, 0.717) is 19.4 Å². The van der Waals surface area contributed by atoms with Crippen LogP contribution in [-0.4, -0.2) is 54.9 Å². The highest BCUT2D eigenvalue weighted by molar-refractivity contribution is 5.93. The van der Waals surface area contributed by atoms with Gasteiger partial charge in [0.2, 0.25) is 5.91 Å². The molecule has 1 saturated heterocycles. The van der Waals surface area contributed by atoms with E-state index in [9.17, 15) is 14.4 Å². The number of hydrogen-bond acceptors (Lipinski definition) is 6. The number of aromatic amines is 1. The lowest BCUT2D eigenvalue weighted by atomic mass is 9.85. The van der Waals surface area contributed by atoms with E-state index in [0.717, 1.165) is 59.5 Å².